The minimum absolute atomic E-state index is 0.0113. The normalized spacial score (nSPS) is 13.3. The predicted molar refractivity (Wildman–Crippen MR) is 134 cm³/mol. The van der Waals surface area contributed by atoms with E-state index < -0.39 is 6.36 Å². The van der Waals surface area contributed by atoms with E-state index in [4.69, 9.17) is 23.2 Å². The summed E-state index contributed by atoms with van der Waals surface area (Å²) in [6.45, 7) is 0.863. The summed E-state index contributed by atoms with van der Waals surface area (Å²) in [6.07, 6.45) is -2.68. The third-order valence-corrected chi connectivity index (χ3v) is 6.75. The largest absolute Gasteiger partial charge is 0.573 e. The molecule has 2 heterocycles. The number of aromatic nitrogens is 2. The number of rotatable bonds is 4. The van der Waals surface area contributed by atoms with Gasteiger partial charge in [0.1, 0.15) is 5.75 Å². The highest BCUT2D eigenvalue weighted by Crippen LogP contribution is 2.34. The Bertz CT molecular complexity index is 1480. The zero-order valence-electron chi connectivity index (χ0n) is 19.1. The summed E-state index contributed by atoms with van der Waals surface area (Å²) in [7, 11) is 0. The highest BCUT2D eigenvalue weighted by atomic mass is 35.5. The van der Waals surface area contributed by atoms with Gasteiger partial charge in [-0.2, -0.15) is 0 Å². The van der Waals surface area contributed by atoms with Crippen LogP contribution in [0.1, 0.15) is 21.7 Å². The van der Waals surface area contributed by atoms with E-state index in [9.17, 15) is 18.0 Å². The van der Waals surface area contributed by atoms with Gasteiger partial charge < -0.3 is 9.64 Å². The summed E-state index contributed by atoms with van der Waals surface area (Å²) in [6, 6.07) is 18.3. The van der Waals surface area contributed by atoms with Crippen molar-refractivity contribution < 1.29 is 22.7 Å². The summed E-state index contributed by atoms with van der Waals surface area (Å²) >= 11 is 12.3. The zero-order valence-corrected chi connectivity index (χ0v) is 20.6. The molecule has 1 amide bonds. The fourth-order valence-electron chi connectivity index (χ4n) is 4.31. The van der Waals surface area contributed by atoms with Gasteiger partial charge in [-0.3, -0.25) is 4.79 Å². The molecule has 1 aliphatic heterocycles. The van der Waals surface area contributed by atoms with Gasteiger partial charge in [-0.15, -0.1) is 13.2 Å². The van der Waals surface area contributed by atoms with E-state index in [1.807, 2.05) is 30.3 Å². The molecule has 5 nitrogen and oxygen atoms in total. The van der Waals surface area contributed by atoms with Gasteiger partial charge >= 0.3 is 6.36 Å². The zero-order chi connectivity index (χ0) is 26.2. The number of nitrogens with zero attached hydrogens (tertiary/aromatic N) is 3. The third-order valence-electron chi connectivity index (χ3n) is 6.01. The van der Waals surface area contributed by atoms with Crippen LogP contribution in [0.4, 0.5) is 13.2 Å². The van der Waals surface area contributed by atoms with Crippen molar-refractivity contribution in [3.63, 3.8) is 0 Å². The Morgan fingerprint density at radius 2 is 1.70 bits per heavy atom. The first kappa shape index (κ1) is 25.0. The molecule has 0 saturated carbocycles. The average Bonchev–Trinajstić information content (AvgIpc) is 2.89. The molecule has 37 heavy (non-hydrogen) atoms. The van der Waals surface area contributed by atoms with E-state index in [1.54, 1.807) is 17.0 Å². The fraction of sp³-hybridized carbons (Fsp3) is 0.148. The maximum absolute atomic E-state index is 13.3. The molecule has 10 heteroatoms. The van der Waals surface area contributed by atoms with Gasteiger partial charge in [0.05, 0.1) is 15.7 Å². The van der Waals surface area contributed by atoms with Gasteiger partial charge in [0.2, 0.25) is 5.82 Å². The lowest BCUT2D eigenvalue weighted by Crippen LogP contribution is -2.37. The molecule has 1 aliphatic rings. The van der Waals surface area contributed by atoms with Crippen LogP contribution in [0.25, 0.3) is 22.4 Å². The van der Waals surface area contributed by atoms with Gasteiger partial charge in [0, 0.05) is 24.8 Å². The molecule has 0 spiro atoms. The molecular formula is C27H18Cl2F3N3O2. The van der Waals surface area contributed by atoms with Crippen LogP contribution in [0.3, 0.4) is 0 Å². The molecule has 0 fully saturated rings. The lowest BCUT2D eigenvalue weighted by molar-refractivity contribution is -0.274. The van der Waals surface area contributed by atoms with Crippen LogP contribution >= 0.6 is 23.2 Å². The maximum Gasteiger partial charge on any atom is 0.573 e. The molecule has 0 radical (unpaired) electrons. The molecular weight excluding hydrogens is 526 g/mol. The number of carbonyl (C=O) groups is 1. The second-order valence-electron chi connectivity index (χ2n) is 8.39. The van der Waals surface area contributed by atoms with Crippen molar-refractivity contribution in [1.29, 1.82) is 0 Å². The van der Waals surface area contributed by atoms with Crippen molar-refractivity contribution in [2.24, 2.45) is 0 Å². The summed E-state index contributed by atoms with van der Waals surface area (Å²) < 4.78 is 41.2. The molecule has 3 aromatic carbocycles. The number of carbonyl (C=O) groups excluding carboxylic acids is 1. The molecule has 4 aromatic rings. The van der Waals surface area contributed by atoms with E-state index in [0.717, 1.165) is 22.3 Å². The second kappa shape index (κ2) is 10.0. The molecule has 0 N–H and O–H groups in total. The monoisotopic (exact) mass is 543 g/mol. The van der Waals surface area contributed by atoms with Crippen LogP contribution in [-0.4, -0.2) is 33.7 Å². The van der Waals surface area contributed by atoms with Gasteiger partial charge in [-0.05, 0) is 71.1 Å². The quantitative estimate of drug-likeness (QED) is 0.273. The Morgan fingerprint density at radius 3 is 2.43 bits per heavy atom. The van der Waals surface area contributed by atoms with Gasteiger partial charge in [0.15, 0.2) is 0 Å². The average molecular weight is 544 g/mol. The van der Waals surface area contributed by atoms with Crippen molar-refractivity contribution in [2.75, 3.05) is 6.54 Å². The number of fused-ring (bicyclic) bond motifs is 1. The lowest BCUT2D eigenvalue weighted by Gasteiger charge is -2.30. The molecule has 0 saturated heterocycles. The molecule has 0 aliphatic carbocycles. The minimum Gasteiger partial charge on any atom is -0.406 e. The van der Waals surface area contributed by atoms with Crippen molar-refractivity contribution in [1.82, 2.24) is 14.9 Å². The van der Waals surface area contributed by atoms with Gasteiger partial charge in [-0.1, -0.05) is 47.5 Å². The Morgan fingerprint density at radius 1 is 0.946 bits per heavy atom. The van der Waals surface area contributed by atoms with Crippen LogP contribution in [0.15, 0.2) is 72.9 Å². The van der Waals surface area contributed by atoms with Crippen molar-refractivity contribution in [2.45, 2.75) is 19.3 Å². The summed E-state index contributed by atoms with van der Waals surface area (Å²) in [5.74, 6) is -0.657. The van der Waals surface area contributed by atoms with E-state index in [1.165, 1.54) is 30.5 Å². The second-order valence-corrected chi connectivity index (χ2v) is 9.20. The van der Waals surface area contributed by atoms with E-state index in [0.29, 0.717) is 40.8 Å². The topological polar surface area (TPSA) is 55.3 Å². The van der Waals surface area contributed by atoms with Crippen LogP contribution in [0.5, 0.6) is 5.75 Å². The summed E-state index contributed by atoms with van der Waals surface area (Å²) in [5.41, 5.74) is 5.09. The van der Waals surface area contributed by atoms with Crippen LogP contribution in [0.2, 0.25) is 10.0 Å². The van der Waals surface area contributed by atoms with Gasteiger partial charge in [-0.25, -0.2) is 9.97 Å². The Balaban J connectivity index is 1.35. The number of hydrogen-bond donors (Lipinski definition) is 0. The predicted octanol–water partition coefficient (Wildman–Crippen LogP) is 7.21. The number of alkyl halides is 3. The van der Waals surface area contributed by atoms with Crippen molar-refractivity contribution in [3.8, 4) is 28.1 Å². The van der Waals surface area contributed by atoms with E-state index in [-0.39, 0.29) is 17.5 Å². The minimum atomic E-state index is -4.77. The maximum atomic E-state index is 13.3. The van der Waals surface area contributed by atoms with Crippen LogP contribution < -0.4 is 4.74 Å². The first-order valence-corrected chi connectivity index (χ1v) is 12.0. The standard InChI is InChI=1S/C27H18Cl2F3N3O2/c28-22-9-6-17(14-23(22)29)20-3-1-2-18-15-35(13-11-21(18)20)26(36)25-33-12-10-24(34-25)16-4-7-19(8-5-16)37-27(30,31)32/h1-10,12,14H,11,13,15H2. The van der Waals surface area contributed by atoms with Gasteiger partial charge in [0.25, 0.3) is 5.91 Å². The Labute approximate surface area is 220 Å². The SMILES string of the molecule is O=C(c1nccc(-c2ccc(OC(F)(F)F)cc2)n1)N1CCc2c(cccc2-c2ccc(Cl)c(Cl)c2)C1. The Hall–Kier alpha value is -3.62. The van der Waals surface area contributed by atoms with E-state index in [2.05, 4.69) is 14.7 Å². The molecule has 0 unspecified atom stereocenters. The molecule has 188 valence electrons. The molecule has 5 rings (SSSR count). The number of amides is 1. The van der Waals surface area contributed by atoms with Crippen LogP contribution in [0, 0.1) is 0 Å². The first-order valence-electron chi connectivity index (χ1n) is 11.2. The Kier molecular flexibility index (Phi) is 6.79. The third kappa shape index (κ3) is 5.55. The summed E-state index contributed by atoms with van der Waals surface area (Å²) in [4.78, 5) is 23.5. The van der Waals surface area contributed by atoms with Crippen molar-refractivity contribution in [3.05, 3.63) is 99.9 Å². The van der Waals surface area contributed by atoms with Crippen molar-refractivity contribution >= 4 is 29.1 Å². The lowest BCUT2D eigenvalue weighted by atomic mass is 9.90. The smallest absolute Gasteiger partial charge is 0.406 e. The highest BCUT2D eigenvalue weighted by Gasteiger charge is 2.31. The van der Waals surface area contributed by atoms with E-state index >= 15 is 0 Å². The number of halogens is 5. The number of hydrogen-bond acceptors (Lipinski definition) is 4. The number of benzene rings is 3. The molecule has 0 bridgehead atoms. The molecule has 0 atom stereocenters. The number of ether oxygens (including phenoxy) is 1. The first-order chi connectivity index (χ1) is 17.7. The fourth-order valence-corrected chi connectivity index (χ4v) is 4.61. The van der Waals surface area contributed by atoms with Crippen LogP contribution in [-0.2, 0) is 13.0 Å². The summed E-state index contributed by atoms with van der Waals surface area (Å²) in [5, 5.41) is 0.962. The molecule has 1 aromatic heterocycles. The highest BCUT2D eigenvalue weighted by molar-refractivity contribution is 6.42.